The van der Waals surface area contributed by atoms with Crippen molar-refractivity contribution < 1.29 is 14.6 Å². The van der Waals surface area contributed by atoms with E-state index in [0.717, 1.165) is 36.8 Å². The molecule has 2 aliphatic rings. The Balaban J connectivity index is 1.66. The Morgan fingerprint density at radius 2 is 1.39 bits per heavy atom. The summed E-state index contributed by atoms with van der Waals surface area (Å²) in [5.41, 5.74) is 1.92. The van der Waals surface area contributed by atoms with Gasteiger partial charge in [0, 0.05) is 5.56 Å². The molecule has 0 aromatic heterocycles. The van der Waals surface area contributed by atoms with Crippen molar-refractivity contribution in [3.05, 3.63) is 29.3 Å². The molecular weight excluding hydrogens is 288 g/mol. The Morgan fingerprint density at radius 1 is 0.870 bits per heavy atom. The van der Waals surface area contributed by atoms with Crippen LogP contribution in [0.5, 0.6) is 5.75 Å². The molecule has 0 amide bonds. The third-order valence-electron chi connectivity index (χ3n) is 5.71. The molecule has 1 N–H and O–H groups in total. The number of rotatable bonds is 6. The zero-order valence-corrected chi connectivity index (χ0v) is 14.6. The van der Waals surface area contributed by atoms with Gasteiger partial charge in [-0.3, -0.25) is 0 Å². The van der Waals surface area contributed by atoms with Crippen molar-refractivity contribution in [3.8, 4) is 5.75 Å². The van der Waals surface area contributed by atoms with Crippen LogP contribution in [0.4, 0.5) is 0 Å². The molecule has 3 rings (SSSR count). The zero-order chi connectivity index (χ0) is 16.3. The fourth-order valence-corrected chi connectivity index (χ4v) is 3.96. The molecular formula is C20H30O3. The van der Waals surface area contributed by atoms with Crippen LogP contribution in [0.3, 0.4) is 0 Å². The van der Waals surface area contributed by atoms with E-state index in [0.29, 0.717) is 19.0 Å². The lowest BCUT2D eigenvalue weighted by Crippen LogP contribution is -2.25. The average Bonchev–Trinajstić information content (AvgIpc) is 3.14. The number of ether oxygens (including phenoxy) is 2. The summed E-state index contributed by atoms with van der Waals surface area (Å²) in [6.07, 6.45) is 9.49. The lowest BCUT2D eigenvalue weighted by molar-refractivity contribution is -0.0467. The van der Waals surface area contributed by atoms with Gasteiger partial charge in [0.05, 0.1) is 24.4 Å². The summed E-state index contributed by atoms with van der Waals surface area (Å²) >= 11 is 0. The zero-order valence-electron chi connectivity index (χ0n) is 14.6. The summed E-state index contributed by atoms with van der Waals surface area (Å²) in [7, 11) is 0. The third kappa shape index (κ3) is 4.07. The maximum atomic E-state index is 10.3. The van der Waals surface area contributed by atoms with Crippen LogP contribution in [0.2, 0.25) is 0 Å². The summed E-state index contributed by atoms with van der Waals surface area (Å²) in [4.78, 5) is 0. The second kappa shape index (κ2) is 6.82. The highest BCUT2D eigenvalue weighted by molar-refractivity contribution is 5.38. The minimum absolute atomic E-state index is 0.00101. The highest BCUT2D eigenvalue weighted by Crippen LogP contribution is 2.36. The molecule has 128 valence electrons. The van der Waals surface area contributed by atoms with Gasteiger partial charge in [-0.25, -0.2) is 0 Å². The molecule has 23 heavy (non-hydrogen) atoms. The Labute approximate surface area is 140 Å². The minimum Gasteiger partial charge on any atom is -0.508 e. The summed E-state index contributed by atoms with van der Waals surface area (Å²) in [5, 5.41) is 10.3. The summed E-state index contributed by atoms with van der Waals surface area (Å²) in [6.45, 7) is 5.42. The molecule has 3 nitrogen and oxygen atoms in total. The fourth-order valence-electron chi connectivity index (χ4n) is 3.96. The monoisotopic (exact) mass is 318 g/mol. The maximum absolute atomic E-state index is 10.3. The van der Waals surface area contributed by atoms with E-state index in [1.165, 1.54) is 25.7 Å². The van der Waals surface area contributed by atoms with Gasteiger partial charge in [-0.05, 0) is 51.2 Å². The van der Waals surface area contributed by atoms with E-state index in [2.05, 4.69) is 13.8 Å². The second-order valence-electron chi connectivity index (χ2n) is 7.81. The van der Waals surface area contributed by atoms with Crippen LogP contribution < -0.4 is 0 Å². The fraction of sp³-hybridized carbons (Fsp3) is 0.700. The molecule has 1 aromatic carbocycles. The Bertz CT molecular complexity index is 526. The summed E-state index contributed by atoms with van der Waals surface area (Å²) < 4.78 is 12.4. The molecule has 0 heterocycles. The standard InChI is InChI=1S/C20H30O3/c1-19(10-3-4-11-19)22-14-16-8-7-9-18(21)17(16)15-23-20(2)12-5-6-13-20/h7-9,21H,3-6,10-15H2,1-2H3. The molecule has 0 saturated heterocycles. The van der Waals surface area contributed by atoms with Crippen molar-refractivity contribution in [1.29, 1.82) is 0 Å². The minimum atomic E-state index is -0.0299. The van der Waals surface area contributed by atoms with E-state index in [1.807, 2.05) is 12.1 Å². The lowest BCUT2D eigenvalue weighted by Gasteiger charge is -2.27. The normalized spacial score (nSPS) is 22.5. The quantitative estimate of drug-likeness (QED) is 0.794. The van der Waals surface area contributed by atoms with Crippen LogP contribution in [-0.4, -0.2) is 16.3 Å². The third-order valence-corrected chi connectivity index (χ3v) is 5.71. The number of phenolic OH excluding ortho intramolecular Hbond substituents is 1. The van der Waals surface area contributed by atoms with Crippen molar-refractivity contribution in [3.63, 3.8) is 0 Å². The first-order valence-electron chi connectivity index (χ1n) is 9.07. The van der Waals surface area contributed by atoms with E-state index in [1.54, 1.807) is 6.07 Å². The number of hydrogen-bond acceptors (Lipinski definition) is 3. The van der Waals surface area contributed by atoms with Crippen LogP contribution >= 0.6 is 0 Å². The molecule has 2 aliphatic carbocycles. The molecule has 0 aliphatic heterocycles. The Morgan fingerprint density at radius 3 is 1.96 bits per heavy atom. The first-order chi connectivity index (χ1) is 11.0. The maximum Gasteiger partial charge on any atom is 0.121 e. The average molecular weight is 318 g/mol. The Hall–Kier alpha value is -1.06. The van der Waals surface area contributed by atoms with Crippen molar-refractivity contribution in [2.24, 2.45) is 0 Å². The summed E-state index contributed by atoms with van der Waals surface area (Å²) in [6, 6.07) is 5.69. The SMILES string of the molecule is CC1(OCc2cccc(O)c2COC2(C)CCCC2)CCCC1. The number of phenols is 1. The predicted octanol–water partition coefficient (Wildman–Crippen LogP) is 5.09. The van der Waals surface area contributed by atoms with Crippen molar-refractivity contribution in [2.45, 2.75) is 89.6 Å². The van der Waals surface area contributed by atoms with Gasteiger partial charge in [0.1, 0.15) is 5.75 Å². The largest absolute Gasteiger partial charge is 0.508 e. The van der Waals surface area contributed by atoms with Crippen LogP contribution in [0, 0.1) is 0 Å². The topological polar surface area (TPSA) is 38.7 Å². The van der Waals surface area contributed by atoms with E-state index < -0.39 is 0 Å². The van der Waals surface area contributed by atoms with Gasteiger partial charge in [0.15, 0.2) is 0 Å². The van der Waals surface area contributed by atoms with Crippen LogP contribution in [0.25, 0.3) is 0 Å². The van der Waals surface area contributed by atoms with Gasteiger partial charge in [0.2, 0.25) is 0 Å². The first kappa shape index (κ1) is 16.8. The van der Waals surface area contributed by atoms with Crippen LogP contribution in [-0.2, 0) is 22.7 Å². The van der Waals surface area contributed by atoms with E-state index in [9.17, 15) is 5.11 Å². The number of benzene rings is 1. The molecule has 0 spiro atoms. The molecule has 2 fully saturated rings. The first-order valence-corrected chi connectivity index (χ1v) is 9.07. The van der Waals surface area contributed by atoms with Gasteiger partial charge in [-0.15, -0.1) is 0 Å². The van der Waals surface area contributed by atoms with Crippen LogP contribution in [0.1, 0.15) is 76.3 Å². The van der Waals surface area contributed by atoms with Gasteiger partial charge >= 0.3 is 0 Å². The van der Waals surface area contributed by atoms with E-state index >= 15 is 0 Å². The smallest absolute Gasteiger partial charge is 0.121 e. The number of hydrogen-bond donors (Lipinski definition) is 1. The predicted molar refractivity (Wildman–Crippen MR) is 91.4 cm³/mol. The van der Waals surface area contributed by atoms with Gasteiger partial charge in [0.25, 0.3) is 0 Å². The van der Waals surface area contributed by atoms with Crippen molar-refractivity contribution >= 4 is 0 Å². The van der Waals surface area contributed by atoms with E-state index in [-0.39, 0.29) is 11.2 Å². The molecule has 2 saturated carbocycles. The highest BCUT2D eigenvalue weighted by atomic mass is 16.5. The second-order valence-corrected chi connectivity index (χ2v) is 7.81. The Kier molecular flexibility index (Phi) is 4.98. The van der Waals surface area contributed by atoms with E-state index in [4.69, 9.17) is 9.47 Å². The van der Waals surface area contributed by atoms with Gasteiger partial charge in [-0.2, -0.15) is 0 Å². The molecule has 0 atom stereocenters. The van der Waals surface area contributed by atoms with Crippen LogP contribution in [0.15, 0.2) is 18.2 Å². The number of aromatic hydroxyl groups is 1. The lowest BCUT2D eigenvalue weighted by atomic mass is 10.0. The molecule has 0 bridgehead atoms. The molecule has 0 unspecified atom stereocenters. The highest BCUT2D eigenvalue weighted by Gasteiger charge is 2.31. The van der Waals surface area contributed by atoms with Gasteiger partial charge in [-0.1, -0.05) is 37.8 Å². The molecule has 3 heteroatoms. The summed E-state index contributed by atoms with van der Waals surface area (Å²) in [5.74, 6) is 0.323. The van der Waals surface area contributed by atoms with Crippen molar-refractivity contribution in [2.75, 3.05) is 0 Å². The van der Waals surface area contributed by atoms with Crippen molar-refractivity contribution in [1.82, 2.24) is 0 Å². The molecule has 0 radical (unpaired) electrons. The molecule has 1 aromatic rings. The van der Waals surface area contributed by atoms with Gasteiger partial charge < -0.3 is 14.6 Å².